The van der Waals surface area contributed by atoms with E-state index < -0.39 is 28.5 Å². The summed E-state index contributed by atoms with van der Waals surface area (Å²) in [4.78, 5) is 27.9. The fourth-order valence-corrected chi connectivity index (χ4v) is 5.49. The fourth-order valence-electron chi connectivity index (χ4n) is 4.00. The average Bonchev–Trinajstić information content (AvgIpc) is 2.91. The van der Waals surface area contributed by atoms with Crippen LogP contribution in [0.15, 0.2) is 77.7 Å². The molecule has 0 unspecified atom stereocenters. The van der Waals surface area contributed by atoms with Gasteiger partial charge in [0.15, 0.2) is 0 Å². The van der Waals surface area contributed by atoms with Gasteiger partial charge in [-0.05, 0) is 67.8 Å². The Balaban J connectivity index is 2.07. The van der Waals surface area contributed by atoms with Crippen molar-refractivity contribution in [1.29, 1.82) is 0 Å². The highest BCUT2D eigenvalue weighted by Crippen LogP contribution is 2.29. The molecule has 3 aromatic rings. The molecular formula is C28H33N3O5S. The zero-order valence-corrected chi connectivity index (χ0v) is 22.6. The molecule has 0 aromatic heterocycles. The topological polar surface area (TPSA) is 96.0 Å². The van der Waals surface area contributed by atoms with Gasteiger partial charge in [-0.3, -0.25) is 13.9 Å². The van der Waals surface area contributed by atoms with Gasteiger partial charge in [-0.15, -0.1) is 0 Å². The highest BCUT2D eigenvalue weighted by Gasteiger charge is 2.33. The van der Waals surface area contributed by atoms with Gasteiger partial charge in [0.25, 0.3) is 10.0 Å². The van der Waals surface area contributed by atoms with Crippen LogP contribution in [0.2, 0.25) is 0 Å². The van der Waals surface area contributed by atoms with Crippen molar-refractivity contribution in [3.8, 4) is 5.75 Å². The predicted molar refractivity (Wildman–Crippen MR) is 144 cm³/mol. The monoisotopic (exact) mass is 523 g/mol. The Kier molecular flexibility index (Phi) is 8.94. The molecule has 1 N–H and O–H groups in total. The molecular weight excluding hydrogens is 490 g/mol. The number of carbonyl (C=O) groups excluding carboxylic acids is 2. The lowest BCUT2D eigenvalue weighted by Gasteiger charge is -2.32. The quantitative estimate of drug-likeness (QED) is 0.438. The molecule has 0 bridgehead atoms. The number of methoxy groups -OCH3 is 1. The molecule has 9 heteroatoms. The van der Waals surface area contributed by atoms with Crippen molar-refractivity contribution in [3.05, 3.63) is 89.5 Å². The zero-order valence-electron chi connectivity index (χ0n) is 21.8. The van der Waals surface area contributed by atoms with Gasteiger partial charge >= 0.3 is 0 Å². The SMILES string of the molecule is CNC(=O)[C@H](C)N(Cc1cccc(OC)c1)C(=O)CN(c1cccc(C)c1C)S(=O)(=O)c1ccccc1. The number of nitrogens with zero attached hydrogens (tertiary/aromatic N) is 2. The van der Waals surface area contributed by atoms with Crippen molar-refractivity contribution in [1.82, 2.24) is 10.2 Å². The van der Waals surface area contributed by atoms with Crippen LogP contribution in [0.1, 0.15) is 23.6 Å². The molecule has 1 atom stereocenters. The molecule has 37 heavy (non-hydrogen) atoms. The molecule has 0 saturated heterocycles. The highest BCUT2D eigenvalue weighted by atomic mass is 32.2. The Morgan fingerprint density at radius 2 is 1.65 bits per heavy atom. The van der Waals surface area contributed by atoms with E-state index in [0.717, 1.165) is 21.0 Å². The highest BCUT2D eigenvalue weighted by molar-refractivity contribution is 7.92. The normalized spacial score (nSPS) is 11.9. The summed E-state index contributed by atoms with van der Waals surface area (Å²) in [6.45, 7) is 4.94. The summed E-state index contributed by atoms with van der Waals surface area (Å²) in [7, 11) is -1.05. The van der Waals surface area contributed by atoms with Crippen LogP contribution in [0.3, 0.4) is 0 Å². The van der Waals surface area contributed by atoms with Crippen LogP contribution in [0.4, 0.5) is 5.69 Å². The van der Waals surface area contributed by atoms with Gasteiger partial charge in [-0.2, -0.15) is 0 Å². The number of rotatable bonds is 10. The molecule has 0 spiro atoms. The third-order valence-electron chi connectivity index (χ3n) is 6.36. The lowest BCUT2D eigenvalue weighted by atomic mass is 10.1. The van der Waals surface area contributed by atoms with Crippen LogP contribution in [0, 0.1) is 13.8 Å². The van der Waals surface area contributed by atoms with Crippen molar-refractivity contribution >= 4 is 27.5 Å². The van der Waals surface area contributed by atoms with Crippen LogP contribution in [0.5, 0.6) is 5.75 Å². The van der Waals surface area contributed by atoms with Gasteiger partial charge in [0, 0.05) is 13.6 Å². The smallest absolute Gasteiger partial charge is 0.264 e. The molecule has 0 saturated carbocycles. The second-order valence-corrected chi connectivity index (χ2v) is 10.6. The number of sulfonamides is 1. The van der Waals surface area contributed by atoms with E-state index in [4.69, 9.17) is 4.74 Å². The summed E-state index contributed by atoms with van der Waals surface area (Å²) in [5, 5.41) is 2.58. The Labute approximate surface area is 218 Å². The van der Waals surface area contributed by atoms with Gasteiger partial charge in [0.2, 0.25) is 11.8 Å². The van der Waals surface area contributed by atoms with Crippen LogP contribution in [-0.4, -0.2) is 51.9 Å². The maximum atomic E-state index is 13.8. The number of likely N-dealkylation sites (N-methyl/N-ethyl adjacent to an activating group) is 1. The van der Waals surface area contributed by atoms with E-state index in [9.17, 15) is 18.0 Å². The van der Waals surface area contributed by atoms with Crippen LogP contribution in [0.25, 0.3) is 0 Å². The molecule has 3 rings (SSSR count). The summed E-state index contributed by atoms with van der Waals surface area (Å²) >= 11 is 0. The van der Waals surface area contributed by atoms with Crippen molar-refractivity contribution in [2.24, 2.45) is 0 Å². The number of aryl methyl sites for hydroxylation is 1. The van der Waals surface area contributed by atoms with E-state index in [1.165, 1.54) is 24.1 Å². The molecule has 0 heterocycles. The van der Waals surface area contributed by atoms with Crippen molar-refractivity contribution < 1.29 is 22.7 Å². The molecule has 2 amide bonds. The minimum Gasteiger partial charge on any atom is -0.497 e. The van der Waals surface area contributed by atoms with E-state index >= 15 is 0 Å². The van der Waals surface area contributed by atoms with Gasteiger partial charge < -0.3 is 15.0 Å². The first-order chi connectivity index (χ1) is 17.6. The van der Waals surface area contributed by atoms with E-state index in [1.807, 2.05) is 26.0 Å². The number of nitrogens with one attached hydrogen (secondary N) is 1. The summed E-state index contributed by atoms with van der Waals surface area (Å²) in [5.41, 5.74) is 2.79. The number of hydrogen-bond acceptors (Lipinski definition) is 5. The Morgan fingerprint density at radius 1 is 0.973 bits per heavy atom. The first-order valence-corrected chi connectivity index (χ1v) is 13.3. The third kappa shape index (κ3) is 6.29. The van der Waals surface area contributed by atoms with Crippen molar-refractivity contribution in [2.45, 2.75) is 38.3 Å². The van der Waals surface area contributed by atoms with Crippen molar-refractivity contribution in [3.63, 3.8) is 0 Å². The summed E-state index contributed by atoms with van der Waals surface area (Å²) in [6.07, 6.45) is 0. The van der Waals surface area contributed by atoms with Crippen LogP contribution < -0.4 is 14.4 Å². The third-order valence-corrected chi connectivity index (χ3v) is 8.13. The van der Waals surface area contributed by atoms with Crippen LogP contribution >= 0.6 is 0 Å². The van der Waals surface area contributed by atoms with E-state index in [-0.39, 0.29) is 17.3 Å². The molecule has 0 radical (unpaired) electrons. The molecule has 0 aliphatic rings. The summed E-state index contributed by atoms with van der Waals surface area (Å²) in [5.74, 6) is -0.263. The zero-order chi connectivity index (χ0) is 27.2. The minimum atomic E-state index is -4.09. The van der Waals surface area contributed by atoms with E-state index in [0.29, 0.717) is 11.4 Å². The number of ether oxygens (including phenoxy) is 1. The average molecular weight is 524 g/mol. The number of anilines is 1. The van der Waals surface area contributed by atoms with Gasteiger partial charge in [-0.1, -0.05) is 42.5 Å². The lowest BCUT2D eigenvalue weighted by molar-refractivity contribution is -0.139. The van der Waals surface area contributed by atoms with E-state index in [2.05, 4.69) is 5.32 Å². The second kappa shape index (κ2) is 11.9. The second-order valence-electron chi connectivity index (χ2n) is 8.71. The molecule has 0 fully saturated rings. The Morgan fingerprint density at radius 3 is 2.30 bits per heavy atom. The Bertz CT molecular complexity index is 1360. The number of benzene rings is 3. The first kappa shape index (κ1) is 27.7. The van der Waals surface area contributed by atoms with Crippen LogP contribution in [-0.2, 0) is 26.2 Å². The van der Waals surface area contributed by atoms with Gasteiger partial charge in [0.1, 0.15) is 18.3 Å². The first-order valence-electron chi connectivity index (χ1n) is 11.9. The lowest BCUT2D eigenvalue weighted by Crippen LogP contribution is -2.50. The van der Waals surface area contributed by atoms with Gasteiger partial charge in [-0.25, -0.2) is 8.42 Å². The molecule has 0 aliphatic heterocycles. The van der Waals surface area contributed by atoms with Gasteiger partial charge in [0.05, 0.1) is 17.7 Å². The largest absolute Gasteiger partial charge is 0.497 e. The predicted octanol–water partition coefficient (Wildman–Crippen LogP) is 3.67. The number of amides is 2. The summed E-state index contributed by atoms with van der Waals surface area (Å²) in [6, 6.07) is 19.7. The minimum absolute atomic E-state index is 0.0717. The number of hydrogen-bond donors (Lipinski definition) is 1. The molecule has 8 nitrogen and oxygen atoms in total. The van der Waals surface area contributed by atoms with E-state index in [1.54, 1.807) is 62.6 Å². The number of carbonyl (C=O) groups is 2. The molecule has 196 valence electrons. The maximum Gasteiger partial charge on any atom is 0.264 e. The molecule has 3 aromatic carbocycles. The maximum absolute atomic E-state index is 13.8. The fraction of sp³-hybridized carbons (Fsp3) is 0.286. The van der Waals surface area contributed by atoms with Crippen molar-refractivity contribution in [2.75, 3.05) is 25.0 Å². The summed E-state index contributed by atoms with van der Waals surface area (Å²) < 4.78 is 34.1. The molecule has 0 aliphatic carbocycles. The Hall–Kier alpha value is -3.85. The standard InChI is InChI=1S/C28H33N3O5S/c1-20-11-9-16-26(21(20)2)31(37(34,35)25-14-7-6-8-15-25)19-27(32)30(22(3)28(33)29-4)18-23-12-10-13-24(17-23)36-5/h6-17,22H,18-19H2,1-5H3,(H,29,33)/t22-/m0/s1.